The summed E-state index contributed by atoms with van der Waals surface area (Å²) in [4.78, 5) is 72.7. The molecule has 19 heteroatoms. The fourth-order valence-corrected chi connectivity index (χ4v) is 12.9. The number of carbonyl (C=O) groups excluding carboxylic acids is 4. The second kappa shape index (κ2) is 64.4. The Balaban J connectivity index is 5.23. The summed E-state index contributed by atoms with van der Waals surface area (Å²) in [5.74, 6) is 0.927. The lowest BCUT2D eigenvalue weighted by atomic mass is 9.99. The molecule has 0 aliphatic carbocycles. The molecule has 0 amide bonds. The lowest BCUT2D eigenvalue weighted by molar-refractivity contribution is -0.161. The molecule has 558 valence electrons. The zero-order chi connectivity index (χ0) is 69.6. The van der Waals surface area contributed by atoms with Crippen molar-refractivity contribution >= 4 is 39.5 Å². The number of aliphatic hydroxyl groups is 1. The monoisotopic (exact) mass is 1380 g/mol. The van der Waals surface area contributed by atoms with E-state index < -0.39 is 97.5 Å². The number of ether oxygens (including phenoxy) is 4. The second-order valence-electron chi connectivity index (χ2n) is 28.7. The van der Waals surface area contributed by atoms with Gasteiger partial charge in [-0.1, -0.05) is 325 Å². The number of carbonyl (C=O) groups is 4. The maximum absolute atomic E-state index is 13.1. The summed E-state index contributed by atoms with van der Waals surface area (Å²) in [5.41, 5.74) is 0. The van der Waals surface area contributed by atoms with Gasteiger partial charge < -0.3 is 33.8 Å². The molecule has 0 aromatic carbocycles. The normalized spacial score (nSPS) is 14.4. The third kappa shape index (κ3) is 67.3. The quantitative estimate of drug-likeness (QED) is 0.0222. The largest absolute Gasteiger partial charge is 0.472 e. The van der Waals surface area contributed by atoms with Crippen LogP contribution in [-0.4, -0.2) is 96.7 Å². The van der Waals surface area contributed by atoms with E-state index in [9.17, 15) is 43.2 Å². The Hall–Kier alpha value is -1.94. The highest BCUT2D eigenvalue weighted by molar-refractivity contribution is 7.47. The summed E-state index contributed by atoms with van der Waals surface area (Å²) in [6, 6.07) is 0. The van der Waals surface area contributed by atoms with Crippen molar-refractivity contribution < 1.29 is 80.2 Å². The summed E-state index contributed by atoms with van der Waals surface area (Å²) >= 11 is 0. The van der Waals surface area contributed by atoms with Crippen LogP contribution in [0.4, 0.5) is 0 Å². The standard InChI is InChI=1S/C75H146O17P2/c1-9-68(8)54-46-38-30-22-17-18-24-32-41-49-57-74(79)91-71(62-86-73(78)56-48-40-34-26-29-37-45-53-67(6)7)64-90-94(83,84)88-60-69(76)59-87-93(81,82)89-63-70(92-75(80)58-50-42-33-25-19-21-28-36-44-52-66(4)5)61-85-72(77)55-47-39-31-23-16-14-12-10-11-13-15-20-27-35-43-51-65(2)3/h65-71,76H,9-64H2,1-8H3,(H,81,82)(H,83,84)/t68?,69?,70-,71-/m1/s1. The predicted molar refractivity (Wildman–Crippen MR) is 381 cm³/mol. The van der Waals surface area contributed by atoms with Crippen molar-refractivity contribution in [2.45, 2.75) is 395 Å². The number of phosphoric ester groups is 2. The zero-order valence-electron chi connectivity index (χ0n) is 61.6. The highest BCUT2D eigenvalue weighted by atomic mass is 31.2. The highest BCUT2D eigenvalue weighted by Crippen LogP contribution is 2.45. The molecule has 0 bridgehead atoms. The Kier molecular flexibility index (Phi) is 63.1. The van der Waals surface area contributed by atoms with Crippen molar-refractivity contribution in [3.8, 4) is 0 Å². The topological polar surface area (TPSA) is 237 Å². The molecule has 0 aromatic heterocycles. The molecule has 0 heterocycles. The molecule has 94 heavy (non-hydrogen) atoms. The predicted octanol–water partition coefficient (Wildman–Crippen LogP) is 21.7. The minimum absolute atomic E-state index is 0.105. The maximum Gasteiger partial charge on any atom is 0.472 e. The fourth-order valence-electron chi connectivity index (χ4n) is 11.3. The first-order valence-electron chi connectivity index (χ1n) is 38.7. The Morgan fingerprint density at radius 2 is 0.511 bits per heavy atom. The lowest BCUT2D eigenvalue weighted by Gasteiger charge is -2.21. The van der Waals surface area contributed by atoms with Gasteiger partial charge in [0.15, 0.2) is 12.2 Å². The van der Waals surface area contributed by atoms with Crippen molar-refractivity contribution in [1.29, 1.82) is 0 Å². The molecule has 0 aromatic rings. The molecule has 6 atom stereocenters. The van der Waals surface area contributed by atoms with Crippen molar-refractivity contribution in [2.75, 3.05) is 39.6 Å². The molecule has 17 nitrogen and oxygen atoms in total. The van der Waals surface area contributed by atoms with Gasteiger partial charge in [-0.25, -0.2) is 9.13 Å². The van der Waals surface area contributed by atoms with E-state index in [1.165, 1.54) is 173 Å². The summed E-state index contributed by atoms with van der Waals surface area (Å²) in [5, 5.41) is 10.6. The van der Waals surface area contributed by atoms with E-state index in [2.05, 4.69) is 55.4 Å². The first kappa shape index (κ1) is 92.1. The summed E-state index contributed by atoms with van der Waals surface area (Å²) in [6.45, 7) is 14.2. The molecular weight excluding hydrogens is 1230 g/mol. The van der Waals surface area contributed by atoms with E-state index in [1.54, 1.807) is 0 Å². The van der Waals surface area contributed by atoms with Gasteiger partial charge in [0.2, 0.25) is 0 Å². The Morgan fingerprint density at radius 3 is 0.755 bits per heavy atom. The van der Waals surface area contributed by atoms with Gasteiger partial charge in [-0.2, -0.15) is 0 Å². The van der Waals surface area contributed by atoms with E-state index in [0.29, 0.717) is 31.6 Å². The first-order valence-corrected chi connectivity index (χ1v) is 41.7. The smallest absolute Gasteiger partial charge is 0.462 e. The molecule has 4 unspecified atom stereocenters. The average molecular weight is 1380 g/mol. The van der Waals surface area contributed by atoms with Gasteiger partial charge in [0.25, 0.3) is 0 Å². The van der Waals surface area contributed by atoms with Crippen molar-refractivity contribution in [3.05, 3.63) is 0 Å². The van der Waals surface area contributed by atoms with E-state index in [4.69, 9.17) is 37.0 Å². The minimum Gasteiger partial charge on any atom is -0.462 e. The van der Waals surface area contributed by atoms with E-state index >= 15 is 0 Å². The minimum atomic E-state index is -4.96. The Labute approximate surface area is 575 Å². The zero-order valence-corrected chi connectivity index (χ0v) is 63.4. The number of phosphoric acid groups is 2. The molecule has 0 fully saturated rings. The van der Waals surface area contributed by atoms with E-state index in [0.717, 1.165) is 114 Å². The lowest BCUT2D eigenvalue weighted by Crippen LogP contribution is -2.30. The fraction of sp³-hybridized carbons (Fsp3) is 0.947. The summed E-state index contributed by atoms with van der Waals surface area (Å²) in [6.07, 6.45) is 48.6. The number of hydrogen-bond donors (Lipinski definition) is 3. The van der Waals surface area contributed by atoms with Crippen LogP contribution in [0, 0.1) is 23.7 Å². The van der Waals surface area contributed by atoms with Crippen LogP contribution < -0.4 is 0 Å². The van der Waals surface area contributed by atoms with Crippen LogP contribution in [0.2, 0.25) is 0 Å². The third-order valence-corrected chi connectivity index (χ3v) is 19.6. The average Bonchev–Trinajstić information content (AvgIpc) is 1.50. The molecule has 0 saturated carbocycles. The van der Waals surface area contributed by atoms with Crippen LogP contribution >= 0.6 is 15.6 Å². The van der Waals surface area contributed by atoms with Crippen LogP contribution in [0.3, 0.4) is 0 Å². The SMILES string of the molecule is CCC(C)CCCCCCCCCCCCC(=O)O[C@H](COC(=O)CCCCCCCCCC(C)C)COP(=O)(O)OCC(O)COP(=O)(O)OC[C@@H](COC(=O)CCCCCCCCCCCCCCCCCC(C)C)OC(=O)CCCCCCCCCCCC(C)C. The number of hydrogen-bond acceptors (Lipinski definition) is 15. The highest BCUT2D eigenvalue weighted by Gasteiger charge is 2.30. The van der Waals surface area contributed by atoms with Crippen LogP contribution in [-0.2, 0) is 65.4 Å². The first-order chi connectivity index (χ1) is 45.1. The van der Waals surface area contributed by atoms with Crippen molar-refractivity contribution in [2.24, 2.45) is 23.7 Å². The molecule has 0 aliphatic heterocycles. The number of esters is 4. The van der Waals surface area contributed by atoms with Gasteiger partial charge in [0.05, 0.1) is 26.4 Å². The van der Waals surface area contributed by atoms with Gasteiger partial charge >= 0.3 is 39.5 Å². The van der Waals surface area contributed by atoms with E-state index in [1.807, 2.05) is 0 Å². The van der Waals surface area contributed by atoms with Crippen molar-refractivity contribution in [1.82, 2.24) is 0 Å². The molecule has 0 spiro atoms. The van der Waals surface area contributed by atoms with Gasteiger partial charge in [0, 0.05) is 25.7 Å². The van der Waals surface area contributed by atoms with Crippen LogP contribution in [0.5, 0.6) is 0 Å². The number of unbranched alkanes of at least 4 members (excludes halogenated alkanes) is 37. The van der Waals surface area contributed by atoms with Crippen LogP contribution in [0.25, 0.3) is 0 Å². The number of rotatable bonds is 72. The number of aliphatic hydroxyl groups excluding tert-OH is 1. The Bertz CT molecular complexity index is 1850. The molecular formula is C75H146O17P2. The van der Waals surface area contributed by atoms with Gasteiger partial charge in [-0.05, 0) is 49.4 Å². The molecule has 0 aliphatic rings. The molecule has 0 saturated heterocycles. The third-order valence-electron chi connectivity index (χ3n) is 17.7. The maximum atomic E-state index is 13.1. The van der Waals surface area contributed by atoms with Gasteiger partial charge in [-0.15, -0.1) is 0 Å². The molecule has 3 N–H and O–H groups in total. The van der Waals surface area contributed by atoms with E-state index in [-0.39, 0.29) is 25.7 Å². The summed E-state index contributed by atoms with van der Waals surface area (Å²) < 4.78 is 68.5. The Morgan fingerprint density at radius 1 is 0.298 bits per heavy atom. The van der Waals surface area contributed by atoms with Gasteiger partial charge in [-0.3, -0.25) is 37.3 Å². The summed E-state index contributed by atoms with van der Waals surface area (Å²) in [7, 11) is -9.91. The van der Waals surface area contributed by atoms with Crippen molar-refractivity contribution in [3.63, 3.8) is 0 Å². The van der Waals surface area contributed by atoms with Gasteiger partial charge in [0.1, 0.15) is 19.3 Å². The molecule has 0 rings (SSSR count). The van der Waals surface area contributed by atoms with Crippen LogP contribution in [0.1, 0.15) is 376 Å². The van der Waals surface area contributed by atoms with Crippen LogP contribution in [0.15, 0.2) is 0 Å². The molecule has 0 radical (unpaired) electrons. The second-order valence-corrected chi connectivity index (χ2v) is 31.6.